The molecule has 2 heterocycles. The summed E-state index contributed by atoms with van der Waals surface area (Å²) in [5, 5.41) is 2.39. The SMILES string of the molecule is CCN(c1ncnc(N2CCc3ccccc3C2)c1N)c1cccc2ccccc12. The molecule has 0 bridgehead atoms. The van der Waals surface area contributed by atoms with Gasteiger partial charge < -0.3 is 15.5 Å². The number of aromatic nitrogens is 2. The minimum atomic E-state index is 0.631. The van der Waals surface area contributed by atoms with Gasteiger partial charge in [-0.3, -0.25) is 0 Å². The number of rotatable bonds is 4. The second-order valence-corrected chi connectivity index (χ2v) is 7.62. The zero-order chi connectivity index (χ0) is 20.5. The Kier molecular flexibility index (Phi) is 4.71. The third kappa shape index (κ3) is 3.12. The van der Waals surface area contributed by atoms with Crippen molar-refractivity contribution in [2.45, 2.75) is 19.9 Å². The highest BCUT2D eigenvalue weighted by Gasteiger charge is 2.23. The molecule has 0 atom stereocenters. The van der Waals surface area contributed by atoms with Gasteiger partial charge in [-0.05, 0) is 35.9 Å². The van der Waals surface area contributed by atoms with Crippen LogP contribution in [0, 0.1) is 0 Å². The van der Waals surface area contributed by atoms with E-state index >= 15 is 0 Å². The van der Waals surface area contributed by atoms with E-state index in [1.165, 1.54) is 21.9 Å². The van der Waals surface area contributed by atoms with Crippen molar-refractivity contribution < 1.29 is 0 Å². The third-order valence-corrected chi connectivity index (χ3v) is 5.90. The molecule has 0 spiro atoms. The van der Waals surface area contributed by atoms with Crippen LogP contribution in [0.15, 0.2) is 73.1 Å². The minimum Gasteiger partial charge on any atom is -0.393 e. The van der Waals surface area contributed by atoms with Gasteiger partial charge in [-0.25, -0.2) is 9.97 Å². The lowest BCUT2D eigenvalue weighted by atomic mass is 10.00. The van der Waals surface area contributed by atoms with Crippen molar-refractivity contribution in [3.05, 3.63) is 84.2 Å². The number of nitrogens with two attached hydrogens (primary N) is 1. The lowest BCUT2D eigenvalue weighted by molar-refractivity contribution is 0.720. The molecular weight excluding hydrogens is 370 g/mol. The Labute approximate surface area is 176 Å². The summed E-state index contributed by atoms with van der Waals surface area (Å²) in [4.78, 5) is 13.6. The van der Waals surface area contributed by atoms with E-state index < -0.39 is 0 Å². The number of nitrogens with zero attached hydrogens (tertiary/aromatic N) is 4. The van der Waals surface area contributed by atoms with Gasteiger partial charge in [0.2, 0.25) is 0 Å². The highest BCUT2D eigenvalue weighted by atomic mass is 15.3. The summed E-state index contributed by atoms with van der Waals surface area (Å²) in [6.45, 7) is 4.60. The number of benzene rings is 3. The van der Waals surface area contributed by atoms with Gasteiger partial charge in [-0.2, -0.15) is 0 Å². The molecule has 0 fully saturated rings. The predicted molar refractivity (Wildman–Crippen MR) is 124 cm³/mol. The molecule has 5 heteroatoms. The monoisotopic (exact) mass is 395 g/mol. The maximum atomic E-state index is 6.68. The molecule has 30 heavy (non-hydrogen) atoms. The fourth-order valence-corrected chi connectivity index (χ4v) is 4.40. The first-order valence-corrected chi connectivity index (χ1v) is 10.4. The van der Waals surface area contributed by atoms with Crippen molar-refractivity contribution >= 4 is 33.8 Å². The molecule has 4 aromatic rings. The first kappa shape index (κ1) is 18.4. The van der Waals surface area contributed by atoms with E-state index in [4.69, 9.17) is 5.73 Å². The van der Waals surface area contributed by atoms with E-state index in [0.29, 0.717) is 5.69 Å². The van der Waals surface area contributed by atoms with E-state index in [1.54, 1.807) is 6.33 Å². The van der Waals surface area contributed by atoms with Gasteiger partial charge in [0.25, 0.3) is 0 Å². The van der Waals surface area contributed by atoms with Crippen LogP contribution < -0.4 is 15.5 Å². The quantitative estimate of drug-likeness (QED) is 0.531. The first-order chi connectivity index (χ1) is 14.8. The Hall–Kier alpha value is -3.60. The summed E-state index contributed by atoms with van der Waals surface area (Å²) < 4.78 is 0. The molecule has 0 aliphatic carbocycles. The summed E-state index contributed by atoms with van der Waals surface area (Å²) >= 11 is 0. The Balaban J connectivity index is 1.55. The molecule has 2 N–H and O–H groups in total. The Morgan fingerprint density at radius 3 is 2.57 bits per heavy atom. The van der Waals surface area contributed by atoms with Crippen molar-refractivity contribution in [1.29, 1.82) is 0 Å². The van der Waals surface area contributed by atoms with Crippen molar-refractivity contribution in [3.63, 3.8) is 0 Å². The van der Waals surface area contributed by atoms with Crippen LogP contribution in [0.5, 0.6) is 0 Å². The van der Waals surface area contributed by atoms with E-state index in [1.807, 2.05) is 0 Å². The molecule has 150 valence electrons. The summed E-state index contributed by atoms with van der Waals surface area (Å²) in [7, 11) is 0. The van der Waals surface area contributed by atoms with Crippen LogP contribution in [0.1, 0.15) is 18.1 Å². The second-order valence-electron chi connectivity index (χ2n) is 7.62. The van der Waals surface area contributed by atoms with Gasteiger partial charge in [-0.15, -0.1) is 0 Å². The van der Waals surface area contributed by atoms with Gasteiger partial charge in [0, 0.05) is 25.0 Å². The van der Waals surface area contributed by atoms with Gasteiger partial charge >= 0.3 is 0 Å². The fraction of sp³-hybridized carbons (Fsp3) is 0.200. The molecule has 0 unspecified atom stereocenters. The van der Waals surface area contributed by atoms with E-state index in [0.717, 1.165) is 43.4 Å². The van der Waals surface area contributed by atoms with Crippen LogP contribution in [-0.4, -0.2) is 23.1 Å². The van der Waals surface area contributed by atoms with Crippen LogP contribution in [0.4, 0.5) is 23.0 Å². The normalized spacial score (nSPS) is 13.3. The second kappa shape index (κ2) is 7.67. The maximum absolute atomic E-state index is 6.68. The van der Waals surface area contributed by atoms with Crippen LogP contribution in [0.3, 0.4) is 0 Å². The fourth-order valence-electron chi connectivity index (χ4n) is 4.40. The summed E-state index contributed by atoms with van der Waals surface area (Å²) in [6, 6.07) is 23.4. The van der Waals surface area contributed by atoms with Crippen LogP contribution >= 0.6 is 0 Å². The van der Waals surface area contributed by atoms with E-state index in [9.17, 15) is 0 Å². The molecular formula is C25H25N5. The highest BCUT2D eigenvalue weighted by Crippen LogP contribution is 2.37. The lowest BCUT2D eigenvalue weighted by Crippen LogP contribution is -2.32. The topological polar surface area (TPSA) is 58.3 Å². The Bertz CT molecular complexity index is 1200. The van der Waals surface area contributed by atoms with Gasteiger partial charge in [0.05, 0.1) is 5.69 Å². The molecule has 0 radical (unpaired) electrons. The molecule has 0 saturated heterocycles. The van der Waals surface area contributed by atoms with Gasteiger partial charge in [0.1, 0.15) is 12.0 Å². The summed E-state index contributed by atoms with van der Waals surface area (Å²) in [5.74, 6) is 1.57. The van der Waals surface area contributed by atoms with Crippen molar-refractivity contribution in [2.24, 2.45) is 0 Å². The largest absolute Gasteiger partial charge is 0.393 e. The first-order valence-electron chi connectivity index (χ1n) is 10.4. The standard InChI is InChI=1S/C25H25N5/c1-2-30(22-13-7-11-19-9-5-6-12-21(19)22)25-23(26)24(27-17-28-25)29-15-14-18-8-3-4-10-20(18)16-29/h3-13,17H,2,14-16,26H2,1H3. The van der Waals surface area contributed by atoms with Crippen LogP contribution in [-0.2, 0) is 13.0 Å². The van der Waals surface area contributed by atoms with Crippen LogP contribution in [0.25, 0.3) is 10.8 Å². The van der Waals surface area contributed by atoms with Crippen molar-refractivity contribution in [2.75, 3.05) is 28.6 Å². The van der Waals surface area contributed by atoms with Crippen molar-refractivity contribution in [1.82, 2.24) is 9.97 Å². The number of nitrogen functional groups attached to an aromatic ring is 1. The number of hydrogen-bond donors (Lipinski definition) is 1. The van der Waals surface area contributed by atoms with Gasteiger partial charge in [0.15, 0.2) is 11.6 Å². The van der Waals surface area contributed by atoms with Gasteiger partial charge in [-0.1, -0.05) is 60.7 Å². The highest BCUT2D eigenvalue weighted by molar-refractivity contribution is 5.97. The molecule has 0 saturated carbocycles. The maximum Gasteiger partial charge on any atom is 0.161 e. The molecule has 0 amide bonds. The number of fused-ring (bicyclic) bond motifs is 2. The van der Waals surface area contributed by atoms with Crippen LogP contribution in [0.2, 0.25) is 0 Å². The lowest BCUT2D eigenvalue weighted by Gasteiger charge is -2.32. The number of anilines is 4. The summed E-state index contributed by atoms with van der Waals surface area (Å²) in [5.41, 5.74) is 11.2. The average molecular weight is 396 g/mol. The van der Waals surface area contributed by atoms with E-state index in [-0.39, 0.29) is 0 Å². The molecule has 5 nitrogen and oxygen atoms in total. The number of hydrogen-bond acceptors (Lipinski definition) is 5. The molecule has 1 aliphatic rings. The van der Waals surface area contributed by atoms with Crippen molar-refractivity contribution in [3.8, 4) is 0 Å². The molecule has 1 aromatic heterocycles. The molecule has 1 aliphatic heterocycles. The summed E-state index contributed by atoms with van der Waals surface area (Å²) in [6.07, 6.45) is 2.63. The predicted octanol–water partition coefficient (Wildman–Crippen LogP) is 4.93. The third-order valence-electron chi connectivity index (χ3n) is 5.90. The zero-order valence-corrected chi connectivity index (χ0v) is 17.1. The average Bonchev–Trinajstić information content (AvgIpc) is 2.80. The Morgan fingerprint density at radius 1 is 0.933 bits per heavy atom. The molecule has 5 rings (SSSR count). The minimum absolute atomic E-state index is 0.631. The van der Waals surface area contributed by atoms with E-state index in [2.05, 4.69) is 93.4 Å². The Morgan fingerprint density at radius 2 is 1.70 bits per heavy atom. The molecule has 3 aromatic carbocycles. The zero-order valence-electron chi connectivity index (χ0n) is 17.1. The smallest absolute Gasteiger partial charge is 0.161 e.